The fraction of sp³-hybridized carbons (Fsp3) is 0.716. The largest absolute Gasteiger partial charge is 0.462 e. The second kappa shape index (κ2) is 60.9. The predicted octanol–water partition coefficient (Wildman–Crippen LogP) is 20.9. The molecular weight excluding hydrogens is 901 g/mol. The molecule has 6 heteroatoms. The van der Waals surface area contributed by atoms with Gasteiger partial charge >= 0.3 is 17.9 Å². The van der Waals surface area contributed by atoms with Crippen molar-refractivity contribution < 1.29 is 28.6 Å². The maximum absolute atomic E-state index is 12.9. The van der Waals surface area contributed by atoms with Gasteiger partial charge in [-0.05, 0) is 122 Å². The Morgan fingerprint density at radius 3 is 0.904 bits per heavy atom. The fourth-order valence-electron chi connectivity index (χ4n) is 8.44. The smallest absolute Gasteiger partial charge is 0.306 e. The van der Waals surface area contributed by atoms with Crippen LogP contribution in [0.25, 0.3) is 0 Å². The molecule has 0 bridgehead atoms. The van der Waals surface area contributed by atoms with Crippen molar-refractivity contribution in [2.24, 2.45) is 0 Å². The average molecular weight is 1020 g/mol. The molecule has 0 aromatic carbocycles. The van der Waals surface area contributed by atoms with Crippen LogP contribution in [0.2, 0.25) is 0 Å². The van der Waals surface area contributed by atoms with E-state index in [9.17, 15) is 14.4 Å². The fourth-order valence-corrected chi connectivity index (χ4v) is 8.44. The molecule has 0 aromatic rings. The first-order valence-corrected chi connectivity index (χ1v) is 30.7. The van der Waals surface area contributed by atoms with Crippen LogP contribution in [0.5, 0.6) is 0 Å². The summed E-state index contributed by atoms with van der Waals surface area (Å²) in [6.45, 7) is 6.47. The van der Waals surface area contributed by atoms with Gasteiger partial charge in [-0.3, -0.25) is 14.4 Å². The van der Waals surface area contributed by atoms with Crippen LogP contribution in [0.4, 0.5) is 0 Å². The van der Waals surface area contributed by atoms with E-state index in [0.717, 1.165) is 109 Å². The van der Waals surface area contributed by atoms with Crippen molar-refractivity contribution in [3.05, 3.63) is 97.2 Å². The highest BCUT2D eigenvalue weighted by Gasteiger charge is 2.19. The van der Waals surface area contributed by atoms with E-state index in [0.29, 0.717) is 19.3 Å². The molecule has 0 amide bonds. The molecule has 418 valence electrons. The molecular formula is C67H114O6. The van der Waals surface area contributed by atoms with Crippen LogP contribution in [0, 0.1) is 0 Å². The number of allylic oxidation sites excluding steroid dienone is 16. The second-order valence-corrected chi connectivity index (χ2v) is 20.2. The Labute approximate surface area is 451 Å². The first-order valence-electron chi connectivity index (χ1n) is 30.7. The lowest BCUT2D eigenvalue weighted by Gasteiger charge is -2.18. The molecule has 73 heavy (non-hydrogen) atoms. The molecule has 0 aliphatic carbocycles. The summed E-state index contributed by atoms with van der Waals surface area (Å²) >= 11 is 0. The first kappa shape index (κ1) is 69.3. The maximum Gasteiger partial charge on any atom is 0.306 e. The van der Waals surface area contributed by atoms with Crippen molar-refractivity contribution in [2.75, 3.05) is 13.2 Å². The Hall–Kier alpha value is -3.67. The number of esters is 3. The number of unbranched alkanes of at least 4 members (excludes halogenated alkanes) is 28. The van der Waals surface area contributed by atoms with E-state index in [-0.39, 0.29) is 31.1 Å². The Morgan fingerprint density at radius 2 is 0.534 bits per heavy atom. The molecule has 0 N–H and O–H groups in total. The molecule has 0 saturated heterocycles. The molecule has 0 aliphatic heterocycles. The van der Waals surface area contributed by atoms with Crippen LogP contribution in [0.15, 0.2) is 97.2 Å². The van der Waals surface area contributed by atoms with E-state index < -0.39 is 6.10 Å². The van der Waals surface area contributed by atoms with E-state index >= 15 is 0 Å². The molecule has 0 saturated carbocycles. The topological polar surface area (TPSA) is 78.9 Å². The third-order valence-electron chi connectivity index (χ3n) is 13.0. The van der Waals surface area contributed by atoms with Crippen molar-refractivity contribution in [2.45, 2.75) is 297 Å². The summed E-state index contributed by atoms with van der Waals surface area (Å²) in [6.07, 6.45) is 81.2. The zero-order chi connectivity index (χ0) is 52.9. The average Bonchev–Trinajstić information content (AvgIpc) is 3.39. The van der Waals surface area contributed by atoms with Crippen LogP contribution in [-0.2, 0) is 28.6 Å². The molecule has 0 fully saturated rings. The molecule has 0 aliphatic rings. The standard InChI is InChI=1S/C67H114O6/c1-4-7-10-13-16-19-22-25-28-30-32-33-35-36-39-42-45-48-51-54-57-60-66(69)72-63-64(62-71-65(68)59-56-53-50-47-44-41-38-27-24-21-18-15-12-9-6-3)73-67(70)61-58-55-52-49-46-43-40-37-34-31-29-26-23-20-17-14-11-8-5-2/h9,12,17-18,20-21,26-27,29-30,32,34,37-38,44,47,64H,4-8,10-11,13-16,19,22-25,28,31,33,35-36,39-43,45-46,48-63H2,1-3H3/b12-9-,20-17-,21-18-,29-26-,32-30-,37-34-,38-27-,47-44-. The molecule has 0 rings (SSSR count). The molecule has 1 unspecified atom stereocenters. The maximum atomic E-state index is 12.9. The molecule has 1 atom stereocenters. The molecule has 0 aromatic heterocycles. The van der Waals surface area contributed by atoms with E-state index in [2.05, 4.69) is 118 Å². The van der Waals surface area contributed by atoms with Gasteiger partial charge in [0, 0.05) is 19.3 Å². The number of hydrogen-bond acceptors (Lipinski definition) is 6. The van der Waals surface area contributed by atoms with Gasteiger partial charge in [0.25, 0.3) is 0 Å². The normalized spacial score (nSPS) is 12.8. The van der Waals surface area contributed by atoms with Gasteiger partial charge in [0.15, 0.2) is 6.10 Å². The first-order chi connectivity index (χ1) is 36.0. The molecule has 0 spiro atoms. The third kappa shape index (κ3) is 59.1. The minimum atomic E-state index is -0.804. The highest BCUT2D eigenvalue weighted by atomic mass is 16.6. The van der Waals surface area contributed by atoms with Gasteiger partial charge in [0.2, 0.25) is 0 Å². The highest BCUT2D eigenvalue weighted by Crippen LogP contribution is 2.15. The number of hydrogen-bond donors (Lipinski definition) is 0. The van der Waals surface area contributed by atoms with Gasteiger partial charge in [-0.15, -0.1) is 0 Å². The lowest BCUT2D eigenvalue weighted by Crippen LogP contribution is -2.30. The summed E-state index contributed by atoms with van der Waals surface area (Å²) in [5.74, 6) is -0.949. The number of carbonyl (C=O) groups excluding carboxylic acids is 3. The number of ether oxygens (including phenoxy) is 3. The molecule has 6 nitrogen and oxygen atoms in total. The van der Waals surface area contributed by atoms with Crippen molar-refractivity contribution in [3.8, 4) is 0 Å². The molecule has 0 heterocycles. The van der Waals surface area contributed by atoms with Gasteiger partial charge in [0.1, 0.15) is 13.2 Å². The summed E-state index contributed by atoms with van der Waals surface area (Å²) in [5.41, 5.74) is 0. The van der Waals surface area contributed by atoms with Crippen molar-refractivity contribution >= 4 is 17.9 Å². The summed E-state index contributed by atoms with van der Waals surface area (Å²) in [5, 5.41) is 0. The monoisotopic (exact) mass is 1010 g/mol. The lowest BCUT2D eigenvalue weighted by atomic mass is 10.1. The van der Waals surface area contributed by atoms with Crippen LogP contribution < -0.4 is 0 Å². The van der Waals surface area contributed by atoms with Gasteiger partial charge in [0.05, 0.1) is 0 Å². The minimum Gasteiger partial charge on any atom is -0.462 e. The Balaban J connectivity index is 4.43. The van der Waals surface area contributed by atoms with Crippen LogP contribution in [0.3, 0.4) is 0 Å². The van der Waals surface area contributed by atoms with Gasteiger partial charge in [-0.1, -0.05) is 246 Å². The number of carbonyl (C=O) groups is 3. The minimum absolute atomic E-state index is 0.0972. The van der Waals surface area contributed by atoms with E-state index in [1.807, 2.05) is 0 Å². The summed E-state index contributed by atoms with van der Waals surface area (Å²) in [6, 6.07) is 0. The Morgan fingerprint density at radius 1 is 0.288 bits per heavy atom. The second-order valence-electron chi connectivity index (χ2n) is 20.2. The van der Waals surface area contributed by atoms with Crippen molar-refractivity contribution in [1.82, 2.24) is 0 Å². The predicted molar refractivity (Wildman–Crippen MR) is 316 cm³/mol. The van der Waals surface area contributed by atoms with Crippen molar-refractivity contribution in [3.63, 3.8) is 0 Å². The number of rotatable bonds is 55. The summed E-state index contributed by atoms with van der Waals surface area (Å²) in [7, 11) is 0. The van der Waals surface area contributed by atoms with E-state index in [4.69, 9.17) is 14.2 Å². The zero-order valence-electron chi connectivity index (χ0n) is 47.9. The molecule has 0 radical (unpaired) electrons. The van der Waals surface area contributed by atoms with E-state index in [1.165, 1.54) is 141 Å². The van der Waals surface area contributed by atoms with Crippen LogP contribution >= 0.6 is 0 Å². The Bertz CT molecular complexity index is 1440. The van der Waals surface area contributed by atoms with Gasteiger partial charge in [-0.2, -0.15) is 0 Å². The van der Waals surface area contributed by atoms with Crippen LogP contribution in [-0.4, -0.2) is 37.2 Å². The van der Waals surface area contributed by atoms with Crippen molar-refractivity contribution in [1.29, 1.82) is 0 Å². The SMILES string of the molecule is CC/C=C\C/C=C\C/C=C\C/C=C\CCCCC(=O)OCC(COC(=O)CCCCCCCCCCC/C=C\CCCCCCCCCC)OC(=O)CCCCCCCC/C=C\C/C=C\C/C=C\CCCCC. The zero-order valence-corrected chi connectivity index (χ0v) is 47.9. The quantitative estimate of drug-likeness (QED) is 0.0261. The third-order valence-corrected chi connectivity index (χ3v) is 13.0. The highest BCUT2D eigenvalue weighted by molar-refractivity contribution is 5.71. The Kier molecular flexibility index (Phi) is 57.8. The van der Waals surface area contributed by atoms with Gasteiger partial charge < -0.3 is 14.2 Å². The summed E-state index contributed by atoms with van der Waals surface area (Å²) in [4.78, 5) is 38.3. The summed E-state index contributed by atoms with van der Waals surface area (Å²) < 4.78 is 16.9. The van der Waals surface area contributed by atoms with Crippen LogP contribution in [0.1, 0.15) is 290 Å². The van der Waals surface area contributed by atoms with E-state index in [1.54, 1.807) is 0 Å². The van der Waals surface area contributed by atoms with Gasteiger partial charge in [-0.25, -0.2) is 0 Å². The lowest BCUT2D eigenvalue weighted by molar-refractivity contribution is -0.167.